The van der Waals surface area contributed by atoms with Crippen LogP contribution in [-0.4, -0.2) is 15.6 Å². The first-order valence-corrected chi connectivity index (χ1v) is 4.97. The molecule has 0 radical (unpaired) electrons. The first-order valence-electron chi connectivity index (χ1n) is 4.97. The second-order valence-electron chi connectivity index (χ2n) is 4.02. The van der Waals surface area contributed by atoms with E-state index in [1.54, 1.807) is 0 Å². The van der Waals surface area contributed by atoms with Crippen molar-refractivity contribution in [2.45, 2.75) is 45.2 Å². The molecule has 0 saturated heterocycles. The smallest absolute Gasteiger partial charge is 0.0951 e. The number of aromatic nitrogens is 2. The normalized spacial score (nSPS) is 24.1. The van der Waals surface area contributed by atoms with E-state index in [1.807, 2.05) is 6.33 Å². The molecule has 0 spiro atoms. The van der Waals surface area contributed by atoms with E-state index in [-0.39, 0.29) is 6.04 Å². The van der Waals surface area contributed by atoms with E-state index in [1.165, 1.54) is 18.5 Å². The summed E-state index contributed by atoms with van der Waals surface area (Å²) in [6.07, 6.45) is 4.39. The van der Waals surface area contributed by atoms with E-state index in [2.05, 4.69) is 23.4 Å². The SMILES string of the molecule is Cc1ncn2c1C(C(C)N)CCC2. The van der Waals surface area contributed by atoms with Gasteiger partial charge in [0.1, 0.15) is 0 Å². The van der Waals surface area contributed by atoms with Crippen molar-refractivity contribution in [2.75, 3.05) is 0 Å². The van der Waals surface area contributed by atoms with E-state index in [4.69, 9.17) is 5.73 Å². The van der Waals surface area contributed by atoms with Crippen LogP contribution in [0.3, 0.4) is 0 Å². The lowest BCUT2D eigenvalue weighted by Gasteiger charge is -2.27. The third-order valence-corrected chi connectivity index (χ3v) is 2.97. The molecule has 0 aromatic carbocycles. The average Bonchev–Trinajstić information content (AvgIpc) is 2.48. The maximum Gasteiger partial charge on any atom is 0.0951 e. The Morgan fingerprint density at radius 1 is 1.69 bits per heavy atom. The van der Waals surface area contributed by atoms with Crippen molar-refractivity contribution in [2.24, 2.45) is 5.73 Å². The maximum absolute atomic E-state index is 5.97. The van der Waals surface area contributed by atoms with Crippen molar-refractivity contribution in [1.29, 1.82) is 0 Å². The van der Waals surface area contributed by atoms with Crippen molar-refractivity contribution in [3.63, 3.8) is 0 Å². The van der Waals surface area contributed by atoms with Crippen LogP contribution in [0.2, 0.25) is 0 Å². The van der Waals surface area contributed by atoms with Gasteiger partial charge in [-0.1, -0.05) is 0 Å². The molecule has 1 aliphatic heterocycles. The molecule has 2 atom stereocenters. The molecule has 0 fully saturated rings. The molecule has 13 heavy (non-hydrogen) atoms. The van der Waals surface area contributed by atoms with Crippen molar-refractivity contribution in [3.05, 3.63) is 17.7 Å². The molecule has 2 unspecified atom stereocenters. The Bertz CT molecular complexity index is 301. The number of aryl methyl sites for hydroxylation is 2. The fourth-order valence-corrected chi connectivity index (χ4v) is 2.28. The Morgan fingerprint density at radius 2 is 2.46 bits per heavy atom. The number of nitrogens with two attached hydrogens (primary N) is 1. The molecule has 0 amide bonds. The van der Waals surface area contributed by atoms with Gasteiger partial charge in [-0.3, -0.25) is 0 Å². The fraction of sp³-hybridized carbons (Fsp3) is 0.700. The Morgan fingerprint density at radius 3 is 3.15 bits per heavy atom. The molecule has 1 aliphatic rings. The average molecular weight is 179 g/mol. The summed E-state index contributed by atoms with van der Waals surface area (Å²) in [5.41, 5.74) is 8.49. The van der Waals surface area contributed by atoms with Crippen LogP contribution in [-0.2, 0) is 6.54 Å². The zero-order chi connectivity index (χ0) is 9.42. The summed E-state index contributed by atoms with van der Waals surface area (Å²) in [5, 5.41) is 0. The molecule has 0 bridgehead atoms. The summed E-state index contributed by atoms with van der Waals surface area (Å²) in [4.78, 5) is 4.34. The number of imidazole rings is 1. The minimum atomic E-state index is 0.245. The third kappa shape index (κ3) is 1.37. The number of fused-ring (bicyclic) bond motifs is 1. The van der Waals surface area contributed by atoms with Gasteiger partial charge in [0.2, 0.25) is 0 Å². The molecule has 2 rings (SSSR count). The zero-order valence-corrected chi connectivity index (χ0v) is 8.33. The van der Waals surface area contributed by atoms with Gasteiger partial charge in [-0.05, 0) is 26.7 Å². The van der Waals surface area contributed by atoms with Crippen molar-refractivity contribution < 1.29 is 0 Å². The van der Waals surface area contributed by atoms with Gasteiger partial charge >= 0.3 is 0 Å². The Kier molecular flexibility index (Phi) is 2.12. The number of nitrogens with zero attached hydrogens (tertiary/aromatic N) is 2. The Balaban J connectivity index is 2.40. The molecule has 2 heterocycles. The van der Waals surface area contributed by atoms with Gasteiger partial charge in [-0.15, -0.1) is 0 Å². The first-order chi connectivity index (χ1) is 6.20. The van der Waals surface area contributed by atoms with Crippen LogP contribution in [0.1, 0.15) is 37.1 Å². The molecule has 3 heteroatoms. The van der Waals surface area contributed by atoms with Crippen LogP contribution in [0.5, 0.6) is 0 Å². The lowest BCUT2D eigenvalue weighted by Crippen LogP contribution is -2.30. The predicted molar refractivity (Wildman–Crippen MR) is 52.6 cm³/mol. The molecule has 0 aliphatic carbocycles. The summed E-state index contributed by atoms with van der Waals surface area (Å²) in [6, 6.07) is 0.245. The summed E-state index contributed by atoms with van der Waals surface area (Å²) in [7, 11) is 0. The number of rotatable bonds is 1. The molecule has 0 saturated carbocycles. The van der Waals surface area contributed by atoms with E-state index in [9.17, 15) is 0 Å². The van der Waals surface area contributed by atoms with Gasteiger partial charge in [-0.25, -0.2) is 4.98 Å². The summed E-state index contributed by atoms with van der Waals surface area (Å²) in [6.45, 7) is 5.28. The van der Waals surface area contributed by atoms with Crippen LogP contribution < -0.4 is 5.73 Å². The minimum absolute atomic E-state index is 0.245. The van der Waals surface area contributed by atoms with Crippen LogP contribution in [0.15, 0.2) is 6.33 Å². The van der Waals surface area contributed by atoms with Crippen molar-refractivity contribution >= 4 is 0 Å². The maximum atomic E-state index is 5.97. The van der Waals surface area contributed by atoms with Crippen LogP contribution in [0.4, 0.5) is 0 Å². The molecule has 2 N–H and O–H groups in total. The lowest BCUT2D eigenvalue weighted by molar-refractivity contribution is 0.412. The second-order valence-corrected chi connectivity index (χ2v) is 4.02. The monoisotopic (exact) mass is 179 g/mol. The van der Waals surface area contributed by atoms with Gasteiger partial charge in [0.25, 0.3) is 0 Å². The first kappa shape index (κ1) is 8.75. The second kappa shape index (κ2) is 3.14. The summed E-state index contributed by atoms with van der Waals surface area (Å²) >= 11 is 0. The van der Waals surface area contributed by atoms with Gasteiger partial charge in [0, 0.05) is 24.2 Å². The lowest BCUT2D eigenvalue weighted by atomic mass is 9.89. The Hall–Kier alpha value is -0.830. The van der Waals surface area contributed by atoms with Crippen LogP contribution >= 0.6 is 0 Å². The molecular formula is C10H17N3. The largest absolute Gasteiger partial charge is 0.334 e. The van der Waals surface area contributed by atoms with E-state index in [0.29, 0.717) is 5.92 Å². The van der Waals surface area contributed by atoms with E-state index >= 15 is 0 Å². The summed E-state index contributed by atoms with van der Waals surface area (Å²) < 4.78 is 2.26. The van der Waals surface area contributed by atoms with Crippen LogP contribution in [0.25, 0.3) is 0 Å². The molecule has 1 aromatic heterocycles. The standard InChI is InChI=1S/C10H17N3/c1-7(11)9-4-3-5-13-6-12-8(2)10(9)13/h6-7,9H,3-5,11H2,1-2H3. The molecule has 72 valence electrons. The predicted octanol–water partition coefficient (Wildman–Crippen LogP) is 1.42. The van der Waals surface area contributed by atoms with Gasteiger partial charge in [0.15, 0.2) is 0 Å². The highest BCUT2D eigenvalue weighted by molar-refractivity contribution is 5.20. The molecule has 3 nitrogen and oxygen atoms in total. The third-order valence-electron chi connectivity index (χ3n) is 2.97. The van der Waals surface area contributed by atoms with Crippen molar-refractivity contribution in [3.8, 4) is 0 Å². The summed E-state index contributed by atoms with van der Waals surface area (Å²) in [5.74, 6) is 0.510. The fourth-order valence-electron chi connectivity index (χ4n) is 2.28. The van der Waals surface area contributed by atoms with Gasteiger partial charge < -0.3 is 10.3 Å². The minimum Gasteiger partial charge on any atom is -0.334 e. The quantitative estimate of drug-likeness (QED) is 0.708. The van der Waals surface area contributed by atoms with E-state index in [0.717, 1.165) is 12.2 Å². The van der Waals surface area contributed by atoms with Gasteiger partial charge in [-0.2, -0.15) is 0 Å². The topological polar surface area (TPSA) is 43.8 Å². The number of hydrogen-bond acceptors (Lipinski definition) is 2. The number of hydrogen-bond donors (Lipinski definition) is 1. The highest BCUT2D eigenvalue weighted by Gasteiger charge is 2.25. The zero-order valence-electron chi connectivity index (χ0n) is 8.33. The highest BCUT2D eigenvalue weighted by atomic mass is 15.1. The van der Waals surface area contributed by atoms with Crippen molar-refractivity contribution in [1.82, 2.24) is 9.55 Å². The molecular weight excluding hydrogens is 162 g/mol. The van der Waals surface area contributed by atoms with E-state index < -0.39 is 0 Å². The molecule has 1 aromatic rings. The van der Waals surface area contributed by atoms with Crippen LogP contribution in [0, 0.1) is 6.92 Å². The highest BCUT2D eigenvalue weighted by Crippen LogP contribution is 2.30. The van der Waals surface area contributed by atoms with Gasteiger partial charge in [0.05, 0.1) is 12.0 Å². The Labute approximate surface area is 79.0 Å².